The van der Waals surface area contributed by atoms with Crippen LogP contribution < -0.4 is 10.1 Å². The quantitative estimate of drug-likeness (QED) is 0.599. The summed E-state index contributed by atoms with van der Waals surface area (Å²) in [4.78, 5) is 12.5. The first-order valence-electron chi connectivity index (χ1n) is 8.88. The summed E-state index contributed by atoms with van der Waals surface area (Å²) in [5.74, 6) is -0.415. The molecule has 1 amide bonds. The van der Waals surface area contributed by atoms with E-state index in [9.17, 15) is 17.6 Å². The van der Waals surface area contributed by atoms with Crippen molar-refractivity contribution in [3.63, 3.8) is 0 Å². The number of hydrogen-bond donors (Lipinski definition) is 1. The summed E-state index contributed by atoms with van der Waals surface area (Å²) in [5.41, 5.74) is 0.887. The maximum atomic E-state index is 13.2. The topological polar surface area (TPSA) is 72.5 Å². The molecule has 0 aliphatic rings. The van der Waals surface area contributed by atoms with Crippen LogP contribution in [-0.2, 0) is 9.84 Å². The molecule has 0 saturated heterocycles. The number of sulfone groups is 1. The Labute approximate surface area is 169 Å². The van der Waals surface area contributed by atoms with E-state index in [1.54, 1.807) is 54.6 Å². The molecule has 0 bridgehead atoms. The van der Waals surface area contributed by atoms with Gasteiger partial charge in [0.1, 0.15) is 16.8 Å². The molecule has 1 atom stereocenters. The van der Waals surface area contributed by atoms with E-state index < -0.39 is 26.8 Å². The molecule has 0 aliphatic heterocycles. The van der Waals surface area contributed by atoms with E-state index in [4.69, 9.17) is 4.74 Å². The zero-order chi connectivity index (χ0) is 20.9. The van der Waals surface area contributed by atoms with Crippen LogP contribution in [0.15, 0.2) is 83.8 Å². The van der Waals surface area contributed by atoms with Crippen molar-refractivity contribution in [2.75, 3.05) is 13.7 Å². The molecular weight excluding hydrogens is 393 g/mol. The van der Waals surface area contributed by atoms with E-state index >= 15 is 0 Å². The molecule has 0 saturated carbocycles. The van der Waals surface area contributed by atoms with Gasteiger partial charge in [-0.05, 0) is 48.0 Å². The molecule has 0 radical (unpaired) electrons. The summed E-state index contributed by atoms with van der Waals surface area (Å²) < 4.78 is 44.8. The van der Waals surface area contributed by atoms with Crippen LogP contribution in [0.2, 0.25) is 0 Å². The van der Waals surface area contributed by atoms with E-state index in [0.29, 0.717) is 16.9 Å². The number of halogens is 1. The minimum atomic E-state index is -3.87. The SMILES string of the molecule is COc1cccc(C(=O)NCC(c2ccccc2)S(=O)(=O)c2ccc(F)cc2)c1. The Balaban J connectivity index is 1.88. The highest BCUT2D eigenvalue weighted by atomic mass is 32.2. The molecule has 0 aliphatic carbocycles. The van der Waals surface area contributed by atoms with E-state index in [1.165, 1.54) is 19.2 Å². The fourth-order valence-corrected chi connectivity index (χ4v) is 4.58. The Kier molecular flexibility index (Phi) is 6.29. The Hall–Kier alpha value is -3.19. The van der Waals surface area contributed by atoms with Gasteiger partial charge in [-0.15, -0.1) is 0 Å². The summed E-state index contributed by atoms with van der Waals surface area (Å²) in [7, 11) is -2.37. The minimum absolute atomic E-state index is 0.0108. The lowest BCUT2D eigenvalue weighted by Gasteiger charge is -2.19. The van der Waals surface area contributed by atoms with Gasteiger partial charge in [0.2, 0.25) is 0 Å². The van der Waals surface area contributed by atoms with Crippen LogP contribution in [0.3, 0.4) is 0 Å². The van der Waals surface area contributed by atoms with Crippen LogP contribution in [0.1, 0.15) is 21.2 Å². The summed E-state index contributed by atoms with van der Waals surface area (Å²) in [6.45, 7) is -0.139. The number of carbonyl (C=O) groups is 1. The monoisotopic (exact) mass is 413 g/mol. The summed E-state index contributed by atoms with van der Waals surface area (Å²) in [6.07, 6.45) is 0. The number of benzene rings is 3. The normalized spacial score (nSPS) is 12.2. The number of nitrogens with one attached hydrogen (secondary N) is 1. The Morgan fingerprint density at radius 3 is 2.34 bits per heavy atom. The van der Waals surface area contributed by atoms with Crippen LogP contribution in [0.25, 0.3) is 0 Å². The fourth-order valence-electron chi connectivity index (χ4n) is 2.91. The first-order valence-corrected chi connectivity index (χ1v) is 10.4. The molecular formula is C22H20FNO4S. The van der Waals surface area contributed by atoms with Gasteiger partial charge in [0.15, 0.2) is 9.84 Å². The predicted molar refractivity (Wildman–Crippen MR) is 108 cm³/mol. The molecule has 0 aromatic heterocycles. The molecule has 0 fully saturated rings. The first-order chi connectivity index (χ1) is 13.9. The molecule has 5 nitrogen and oxygen atoms in total. The largest absolute Gasteiger partial charge is 0.497 e. The maximum absolute atomic E-state index is 13.2. The average molecular weight is 413 g/mol. The second-order valence-corrected chi connectivity index (χ2v) is 8.47. The van der Waals surface area contributed by atoms with Crippen LogP contribution in [-0.4, -0.2) is 28.0 Å². The third kappa shape index (κ3) is 4.81. The van der Waals surface area contributed by atoms with Crippen molar-refractivity contribution in [3.05, 3.63) is 95.8 Å². The van der Waals surface area contributed by atoms with Crippen molar-refractivity contribution in [2.45, 2.75) is 10.1 Å². The van der Waals surface area contributed by atoms with Crippen LogP contribution in [0.5, 0.6) is 5.75 Å². The highest BCUT2D eigenvalue weighted by Gasteiger charge is 2.29. The predicted octanol–water partition coefficient (Wildman–Crippen LogP) is 3.78. The first kappa shape index (κ1) is 20.5. The van der Waals surface area contributed by atoms with Gasteiger partial charge in [-0.2, -0.15) is 0 Å². The zero-order valence-electron chi connectivity index (χ0n) is 15.7. The van der Waals surface area contributed by atoms with Crippen molar-refractivity contribution in [2.24, 2.45) is 0 Å². The number of hydrogen-bond acceptors (Lipinski definition) is 4. The summed E-state index contributed by atoms with van der Waals surface area (Å²) in [5, 5.41) is 1.66. The van der Waals surface area contributed by atoms with E-state index in [1.807, 2.05) is 0 Å². The lowest BCUT2D eigenvalue weighted by Crippen LogP contribution is -2.32. The van der Waals surface area contributed by atoms with Crippen LogP contribution in [0.4, 0.5) is 4.39 Å². The molecule has 3 aromatic rings. The molecule has 1 unspecified atom stereocenters. The molecule has 150 valence electrons. The molecule has 3 rings (SSSR count). The van der Waals surface area contributed by atoms with Crippen molar-refractivity contribution >= 4 is 15.7 Å². The number of carbonyl (C=O) groups excluding carboxylic acids is 1. The van der Waals surface area contributed by atoms with Crippen molar-refractivity contribution < 1.29 is 22.3 Å². The number of ether oxygens (including phenoxy) is 1. The summed E-state index contributed by atoms with van der Waals surface area (Å²) in [6, 6.07) is 19.8. The Morgan fingerprint density at radius 2 is 1.69 bits per heavy atom. The van der Waals surface area contributed by atoms with Gasteiger partial charge in [0.25, 0.3) is 5.91 Å². The Bertz CT molecular complexity index is 1080. The van der Waals surface area contributed by atoms with Gasteiger partial charge >= 0.3 is 0 Å². The van der Waals surface area contributed by atoms with E-state index in [0.717, 1.165) is 12.1 Å². The molecule has 29 heavy (non-hydrogen) atoms. The molecule has 3 aromatic carbocycles. The minimum Gasteiger partial charge on any atom is -0.497 e. The standard InChI is InChI=1S/C22H20FNO4S/c1-28-19-9-5-8-17(14-19)22(25)24-15-21(16-6-3-2-4-7-16)29(26,27)20-12-10-18(23)11-13-20/h2-14,21H,15H2,1H3,(H,24,25). The highest BCUT2D eigenvalue weighted by Crippen LogP contribution is 2.28. The number of amides is 1. The molecule has 1 N–H and O–H groups in total. The van der Waals surface area contributed by atoms with Crippen LogP contribution in [0, 0.1) is 5.82 Å². The van der Waals surface area contributed by atoms with Gasteiger partial charge in [0, 0.05) is 12.1 Å². The number of methoxy groups -OCH3 is 1. The van der Waals surface area contributed by atoms with Crippen molar-refractivity contribution in [1.82, 2.24) is 5.32 Å². The zero-order valence-corrected chi connectivity index (χ0v) is 16.5. The van der Waals surface area contributed by atoms with Gasteiger partial charge in [-0.1, -0.05) is 36.4 Å². The van der Waals surface area contributed by atoms with Crippen LogP contribution >= 0.6 is 0 Å². The second kappa shape index (κ2) is 8.87. The Morgan fingerprint density at radius 1 is 1.00 bits per heavy atom. The third-order valence-corrected chi connectivity index (χ3v) is 6.59. The third-order valence-electron chi connectivity index (χ3n) is 4.47. The smallest absolute Gasteiger partial charge is 0.251 e. The lowest BCUT2D eigenvalue weighted by atomic mass is 10.1. The van der Waals surface area contributed by atoms with Crippen molar-refractivity contribution in [3.8, 4) is 5.75 Å². The number of rotatable bonds is 7. The van der Waals surface area contributed by atoms with Gasteiger partial charge in [-0.3, -0.25) is 4.79 Å². The average Bonchev–Trinajstić information content (AvgIpc) is 2.74. The van der Waals surface area contributed by atoms with Gasteiger partial charge in [-0.25, -0.2) is 12.8 Å². The van der Waals surface area contributed by atoms with Gasteiger partial charge in [0.05, 0.1) is 12.0 Å². The van der Waals surface area contributed by atoms with Gasteiger partial charge < -0.3 is 10.1 Å². The van der Waals surface area contributed by atoms with E-state index in [-0.39, 0.29) is 11.4 Å². The second-order valence-electron chi connectivity index (χ2n) is 6.34. The maximum Gasteiger partial charge on any atom is 0.251 e. The molecule has 0 spiro atoms. The highest BCUT2D eigenvalue weighted by molar-refractivity contribution is 7.91. The fraction of sp³-hybridized carbons (Fsp3) is 0.136. The lowest BCUT2D eigenvalue weighted by molar-refractivity contribution is 0.0953. The molecule has 7 heteroatoms. The van der Waals surface area contributed by atoms with Crippen molar-refractivity contribution in [1.29, 1.82) is 0 Å². The summed E-state index contributed by atoms with van der Waals surface area (Å²) >= 11 is 0. The van der Waals surface area contributed by atoms with E-state index in [2.05, 4.69) is 5.32 Å². The molecule has 0 heterocycles.